The molecule has 0 aliphatic heterocycles. The first kappa shape index (κ1) is 11.2. The summed E-state index contributed by atoms with van der Waals surface area (Å²) in [5.74, 6) is -1.94. The molecule has 5 heteroatoms. The number of aryl methyl sites for hydroxylation is 1. The molecule has 2 aromatic rings. The van der Waals surface area contributed by atoms with Crippen LogP contribution in [0.2, 0.25) is 0 Å². The molecule has 1 heterocycles. The molecule has 0 unspecified atom stereocenters. The van der Waals surface area contributed by atoms with E-state index in [0.717, 1.165) is 5.56 Å². The minimum Gasteiger partial charge on any atom is -0.496 e. The molecule has 0 saturated carbocycles. The van der Waals surface area contributed by atoms with E-state index in [4.69, 9.17) is 9.84 Å². The second-order valence-corrected chi connectivity index (χ2v) is 3.67. The molecule has 2 rings (SSSR count). The highest BCUT2D eigenvalue weighted by molar-refractivity contribution is 6.42. The number of aromatic amines is 1. The molecule has 0 aliphatic carbocycles. The molecular formula is C12H11NO4. The van der Waals surface area contributed by atoms with E-state index in [9.17, 15) is 9.59 Å². The first-order chi connectivity index (χ1) is 8.06. The maximum atomic E-state index is 11.5. The first-order valence-electron chi connectivity index (χ1n) is 4.98. The quantitative estimate of drug-likeness (QED) is 0.625. The lowest BCUT2D eigenvalue weighted by Gasteiger charge is -2.05. The van der Waals surface area contributed by atoms with Gasteiger partial charge in [0, 0.05) is 6.20 Å². The van der Waals surface area contributed by atoms with Crippen LogP contribution in [0.4, 0.5) is 0 Å². The Balaban J connectivity index is 2.78. The number of fused-ring (bicyclic) bond motifs is 1. The van der Waals surface area contributed by atoms with Crippen LogP contribution in [0.5, 0.6) is 5.75 Å². The highest BCUT2D eigenvalue weighted by Crippen LogP contribution is 2.31. The maximum Gasteiger partial charge on any atom is 0.377 e. The Bertz CT molecular complexity index is 612. The molecule has 2 N–H and O–H groups in total. The van der Waals surface area contributed by atoms with E-state index in [1.165, 1.54) is 13.3 Å². The van der Waals surface area contributed by atoms with Gasteiger partial charge in [-0.25, -0.2) is 4.79 Å². The Morgan fingerprint density at radius 2 is 2.06 bits per heavy atom. The third kappa shape index (κ3) is 1.65. The van der Waals surface area contributed by atoms with Crippen molar-refractivity contribution in [2.75, 3.05) is 7.11 Å². The normalized spacial score (nSPS) is 10.5. The van der Waals surface area contributed by atoms with Crippen LogP contribution >= 0.6 is 0 Å². The lowest BCUT2D eigenvalue weighted by Crippen LogP contribution is -2.12. The Morgan fingerprint density at radius 1 is 1.35 bits per heavy atom. The van der Waals surface area contributed by atoms with Crippen molar-refractivity contribution < 1.29 is 19.4 Å². The van der Waals surface area contributed by atoms with Gasteiger partial charge in [-0.05, 0) is 18.6 Å². The summed E-state index contributed by atoms with van der Waals surface area (Å²) in [6.07, 6.45) is 1.40. The third-order valence-corrected chi connectivity index (χ3v) is 2.66. The Hall–Kier alpha value is -2.30. The van der Waals surface area contributed by atoms with Crippen LogP contribution in [0.15, 0.2) is 18.3 Å². The van der Waals surface area contributed by atoms with Gasteiger partial charge in [-0.2, -0.15) is 0 Å². The third-order valence-electron chi connectivity index (χ3n) is 2.66. The van der Waals surface area contributed by atoms with E-state index in [0.29, 0.717) is 16.7 Å². The molecule has 17 heavy (non-hydrogen) atoms. The predicted octanol–water partition coefficient (Wildman–Crippen LogP) is 1.75. The highest BCUT2D eigenvalue weighted by atomic mass is 16.5. The number of methoxy groups -OCH3 is 1. The topological polar surface area (TPSA) is 79.4 Å². The van der Waals surface area contributed by atoms with Gasteiger partial charge in [-0.15, -0.1) is 0 Å². The van der Waals surface area contributed by atoms with Crippen molar-refractivity contribution in [2.24, 2.45) is 0 Å². The molecule has 5 nitrogen and oxygen atoms in total. The molecule has 1 aromatic carbocycles. The second kappa shape index (κ2) is 3.93. The molecule has 0 spiro atoms. The average Bonchev–Trinajstić information content (AvgIpc) is 2.74. The van der Waals surface area contributed by atoms with Gasteiger partial charge in [0.25, 0.3) is 5.78 Å². The number of carboxylic acids is 1. The fourth-order valence-corrected chi connectivity index (χ4v) is 1.82. The number of hydrogen-bond acceptors (Lipinski definition) is 3. The Morgan fingerprint density at radius 3 is 2.65 bits per heavy atom. The molecule has 0 atom stereocenters. The van der Waals surface area contributed by atoms with Crippen molar-refractivity contribution >= 4 is 22.7 Å². The standard InChI is InChI=1S/C12H11NO4/c1-6-3-4-8(17-2)9-7(5-13-10(6)9)11(14)12(15)16/h3-5,13H,1-2H3,(H,15,16). The molecule has 0 saturated heterocycles. The smallest absolute Gasteiger partial charge is 0.377 e. The minimum absolute atomic E-state index is 0.119. The number of rotatable bonds is 3. The molecule has 0 bridgehead atoms. The maximum absolute atomic E-state index is 11.5. The summed E-state index contributed by atoms with van der Waals surface area (Å²) in [4.78, 5) is 25.1. The van der Waals surface area contributed by atoms with Crippen LogP contribution in [0.1, 0.15) is 15.9 Å². The number of H-pyrrole nitrogens is 1. The number of benzene rings is 1. The molecular weight excluding hydrogens is 222 g/mol. The van der Waals surface area contributed by atoms with Crippen molar-refractivity contribution in [3.8, 4) is 5.75 Å². The molecule has 0 amide bonds. The van der Waals surface area contributed by atoms with E-state index in [-0.39, 0.29) is 5.56 Å². The summed E-state index contributed by atoms with van der Waals surface area (Å²) >= 11 is 0. The summed E-state index contributed by atoms with van der Waals surface area (Å²) < 4.78 is 5.15. The lowest BCUT2D eigenvalue weighted by atomic mass is 10.1. The zero-order valence-electron chi connectivity index (χ0n) is 9.40. The van der Waals surface area contributed by atoms with Crippen LogP contribution < -0.4 is 4.74 Å². The number of ether oxygens (including phenoxy) is 1. The largest absolute Gasteiger partial charge is 0.496 e. The number of aromatic nitrogens is 1. The fraction of sp³-hybridized carbons (Fsp3) is 0.167. The van der Waals surface area contributed by atoms with Crippen molar-refractivity contribution in [1.29, 1.82) is 0 Å². The Kier molecular flexibility index (Phi) is 2.59. The number of nitrogens with one attached hydrogen (secondary N) is 1. The van der Waals surface area contributed by atoms with Crippen LogP contribution in [0.25, 0.3) is 10.9 Å². The number of Topliss-reactive ketones (excluding diaryl/α,β-unsaturated/α-hetero) is 1. The average molecular weight is 233 g/mol. The highest BCUT2D eigenvalue weighted by Gasteiger charge is 2.21. The van der Waals surface area contributed by atoms with E-state index >= 15 is 0 Å². The van der Waals surface area contributed by atoms with Gasteiger partial charge in [0.1, 0.15) is 5.75 Å². The van der Waals surface area contributed by atoms with Gasteiger partial charge in [0.2, 0.25) is 0 Å². The summed E-state index contributed by atoms with van der Waals surface area (Å²) in [7, 11) is 1.48. The van der Waals surface area contributed by atoms with Gasteiger partial charge in [0.15, 0.2) is 0 Å². The van der Waals surface area contributed by atoms with Crippen molar-refractivity contribution in [3.05, 3.63) is 29.5 Å². The molecule has 0 radical (unpaired) electrons. The van der Waals surface area contributed by atoms with Crippen LogP contribution in [0.3, 0.4) is 0 Å². The second-order valence-electron chi connectivity index (χ2n) is 3.67. The Labute approximate surface area is 97.0 Å². The van der Waals surface area contributed by atoms with E-state index in [2.05, 4.69) is 4.98 Å². The van der Waals surface area contributed by atoms with Gasteiger partial charge >= 0.3 is 5.97 Å². The molecule has 88 valence electrons. The van der Waals surface area contributed by atoms with E-state index in [1.54, 1.807) is 6.07 Å². The van der Waals surface area contributed by atoms with Gasteiger partial charge in [-0.1, -0.05) is 6.07 Å². The minimum atomic E-state index is -1.48. The van der Waals surface area contributed by atoms with Gasteiger partial charge in [0.05, 0.1) is 23.6 Å². The van der Waals surface area contributed by atoms with Crippen molar-refractivity contribution in [3.63, 3.8) is 0 Å². The lowest BCUT2D eigenvalue weighted by molar-refractivity contribution is -0.131. The SMILES string of the molecule is COc1ccc(C)c2[nH]cc(C(=O)C(=O)O)c12. The van der Waals surface area contributed by atoms with Crippen LogP contribution in [-0.4, -0.2) is 29.0 Å². The van der Waals surface area contributed by atoms with Gasteiger partial charge in [-0.3, -0.25) is 4.79 Å². The summed E-state index contributed by atoms with van der Waals surface area (Å²) in [6, 6.07) is 3.55. The predicted molar refractivity (Wildman–Crippen MR) is 61.6 cm³/mol. The van der Waals surface area contributed by atoms with Crippen molar-refractivity contribution in [2.45, 2.75) is 6.92 Å². The number of carboxylic acid groups (broad SMARTS) is 1. The molecule has 0 fully saturated rings. The van der Waals surface area contributed by atoms with E-state index < -0.39 is 11.8 Å². The van der Waals surface area contributed by atoms with Crippen LogP contribution in [-0.2, 0) is 4.79 Å². The first-order valence-corrected chi connectivity index (χ1v) is 4.98. The summed E-state index contributed by atoms with van der Waals surface area (Å²) in [6.45, 7) is 1.87. The number of carbonyl (C=O) groups excluding carboxylic acids is 1. The van der Waals surface area contributed by atoms with E-state index in [1.807, 2.05) is 13.0 Å². The van der Waals surface area contributed by atoms with Gasteiger partial charge < -0.3 is 14.8 Å². The number of ketones is 1. The number of aliphatic carboxylic acids is 1. The van der Waals surface area contributed by atoms with Crippen LogP contribution in [0, 0.1) is 6.92 Å². The zero-order valence-corrected chi connectivity index (χ0v) is 9.40. The zero-order chi connectivity index (χ0) is 12.6. The molecule has 1 aromatic heterocycles. The number of hydrogen-bond donors (Lipinski definition) is 2. The molecule has 0 aliphatic rings. The van der Waals surface area contributed by atoms with Crippen molar-refractivity contribution in [1.82, 2.24) is 4.98 Å². The summed E-state index contributed by atoms with van der Waals surface area (Å²) in [5.41, 5.74) is 1.76. The number of carbonyl (C=O) groups is 2. The summed E-state index contributed by atoms with van der Waals surface area (Å²) in [5, 5.41) is 9.26. The monoisotopic (exact) mass is 233 g/mol. The fourth-order valence-electron chi connectivity index (χ4n) is 1.82.